The van der Waals surface area contributed by atoms with Gasteiger partial charge in [0.05, 0.1) is 0 Å². The molecule has 0 aliphatic carbocycles. The summed E-state index contributed by atoms with van der Waals surface area (Å²) in [5, 5.41) is 4.46. The fourth-order valence-electron chi connectivity index (χ4n) is 2.48. The third-order valence-electron chi connectivity index (χ3n) is 3.95. The maximum atomic E-state index is 12.9. The zero-order valence-corrected chi connectivity index (χ0v) is 15.5. The lowest BCUT2D eigenvalue weighted by Gasteiger charge is -2.08. The van der Waals surface area contributed by atoms with E-state index >= 15 is 0 Å². The Balaban J connectivity index is 1.55. The van der Waals surface area contributed by atoms with Crippen LogP contribution in [-0.4, -0.2) is 18.5 Å². The molecule has 0 aliphatic rings. The fourth-order valence-corrected chi connectivity index (χ4v) is 3.29. The number of hydrogen-bond donors (Lipinski definition) is 1. The largest absolute Gasteiger partial charge is 0.451 e. The Morgan fingerprint density at radius 3 is 2.44 bits per heavy atom. The Morgan fingerprint density at radius 1 is 1.04 bits per heavy atom. The van der Waals surface area contributed by atoms with Gasteiger partial charge in [-0.05, 0) is 41.6 Å². The van der Waals surface area contributed by atoms with Crippen LogP contribution in [0.2, 0.25) is 0 Å². The second-order valence-electron chi connectivity index (χ2n) is 6.01. The van der Waals surface area contributed by atoms with Crippen LogP contribution in [0.1, 0.15) is 20.8 Å². The molecule has 1 heterocycles. The molecule has 0 atom stereocenters. The van der Waals surface area contributed by atoms with Gasteiger partial charge in [-0.15, -0.1) is 11.3 Å². The monoisotopic (exact) mass is 383 g/mol. The van der Waals surface area contributed by atoms with E-state index < -0.39 is 11.9 Å². The third-order valence-corrected chi connectivity index (χ3v) is 4.84. The molecule has 0 radical (unpaired) electrons. The van der Waals surface area contributed by atoms with Gasteiger partial charge in [0, 0.05) is 12.1 Å². The van der Waals surface area contributed by atoms with Gasteiger partial charge in [0.2, 0.25) is 0 Å². The number of rotatable bonds is 6. The lowest BCUT2D eigenvalue weighted by atomic mass is 10.1. The Labute approximate surface area is 160 Å². The van der Waals surface area contributed by atoms with Crippen LogP contribution in [0.15, 0.2) is 60.0 Å². The average molecular weight is 383 g/mol. The van der Waals surface area contributed by atoms with Gasteiger partial charge >= 0.3 is 5.97 Å². The number of aryl methyl sites for hydroxylation is 1. The highest BCUT2D eigenvalue weighted by molar-refractivity contribution is 7.12. The molecule has 6 heteroatoms. The van der Waals surface area contributed by atoms with Crippen LogP contribution in [-0.2, 0) is 16.1 Å². The number of thiophene rings is 1. The number of carbonyl (C=O) groups is 2. The number of esters is 1. The molecule has 4 nitrogen and oxygen atoms in total. The molecule has 0 bridgehead atoms. The highest BCUT2D eigenvalue weighted by Crippen LogP contribution is 2.29. The van der Waals surface area contributed by atoms with Crippen LogP contribution in [0, 0.1) is 12.7 Å². The lowest BCUT2D eigenvalue weighted by Crippen LogP contribution is -2.28. The molecular formula is C21H18FNO3S. The standard InChI is InChI=1S/C21H18FNO3S/c1-14-2-6-16(7-3-14)18-10-11-27-20(18)21(25)26-13-19(24)23-12-15-4-8-17(22)9-5-15/h2-11H,12-13H2,1H3,(H,23,24). The Kier molecular flexibility index (Phi) is 5.98. The highest BCUT2D eigenvalue weighted by Gasteiger charge is 2.17. The molecule has 1 N–H and O–H groups in total. The molecule has 0 saturated carbocycles. The third kappa shape index (κ3) is 5.01. The van der Waals surface area contributed by atoms with Crippen LogP contribution in [0.3, 0.4) is 0 Å². The van der Waals surface area contributed by atoms with Gasteiger partial charge in [-0.3, -0.25) is 4.79 Å². The summed E-state index contributed by atoms with van der Waals surface area (Å²) in [6.07, 6.45) is 0. The summed E-state index contributed by atoms with van der Waals surface area (Å²) >= 11 is 1.28. The highest BCUT2D eigenvalue weighted by atomic mass is 32.1. The summed E-state index contributed by atoms with van der Waals surface area (Å²) < 4.78 is 18.0. The zero-order chi connectivity index (χ0) is 19.2. The van der Waals surface area contributed by atoms with Crippen molar-refractivity contribution in [2.75, 3.05) is 6.61 Å². The normalized spacial score (nSPS) is 10.4. The fraction of sp³-hybridized carbons (Fsp3) is 0.143. The van der Waals surface area contributed by atoms with Gasteiger partial charge in [0.15, 0.2) is 6.61 Å². The minimum Gasteiger partial charge on any atom is -0.451 e. The van der Waals surface area contributed by atoms with Crippen molar-refractivity contribution < 1.29 is 18.7 Å². The Bertz CT molecular complexity index is 933. The van der Waals surface area contributed by atoms with Gasteiger partial charge in [-0.2, -0.15) is 0 Å². The van der Waals surface area contributed by atoms with Crippen LogP contribution in [0.25, 0.3) is 11.1 Å². The first-order chi connectivity index (χ1) is 13.0. The van der Waals surface area contributed by atoms with Gasteiger partial charge in [-0.25, -0.2) is 9.18 Å². The molecule has 3 rings (SSSR count). The van der Waals surface area contributed by atoms with Gasteiger partial charge in [0.1, 0.15) is 10.7 Å². The molecule has 1 amide bonds. The lowest BCUT2D eigenvalue weighted by molar-refractivity contribution is -0.124. The van der Waals surface area contributed by atoms with Gasteiger partial charge in [-0.1, -0.05) is 42.0 Å². The van der Waals surface area contributed by atoms with E-state index in [-0.39, 0.29) is 19.0 Å². The summed E-state index contributed by atoms with van der Waals surface area (Å²) in [5.74, 6) is -1.28. The first-order valence-corrected chi connectivity index (χ1v) is 9.23. The average Bonchev–Trinajstić information content (AvgIpc) is 3.16. The van der Waals surface area contributed by atoms with Crippen molar-refractivity contribution in [3.63, 3.8) is 0 Å². The zero-order valence-electron chi connectivity index (χ0n) is 14.7. The van der Waals surface area contributed by atoms with Crippen molar-refractivity contribution in [2.45, 2.75) is 13.5 Å². The maximum absolute atomic E-state index is 12.9. The van der Waals surface area contributed by atoms with E-state index in [0.29, 0.717) is 4.88 Å². The van der Waals surface area contributed by atoms with Gasteiger partial charge < -0.3 is 10.1 Å². The van der Waals surface area contributed by atoms with E-state index in [1.165, 1.54) is 23.5 Å². The predicted octanol–water partition coefficient (Wildman–Crippen LogP) is 4.34. The van der Waals surface area contributed by atoms with Crippen molar-refractivity contribution >= 4 is 23.2 Å². The maximum Gasteiger partial charge on any atom is 0.349 e. The van der Waals surface area contributed by atoms with E-state index in [9.17, 15) is 14.0 Å². The molecule has 27 heavy (non-hydrogen) atoms. The number of amides is 1. The quantitative estimate of drug-likeness (QED) is 0.645. The van der Waals surface area contributed by atoms with Crippen LogP contribution < -0.4 is 5.32 Å². The van der Waals surface area contributed by atoms with Crippen molar-refractivity contribution in [1.29, 1.82) is 0 Å². The topological polar surface area (TPSA) is 55.4 Å². The minimum absolute atomic E-state index is 0.240. The first kappa shape index (κ1) is 18.8. The second-order valence-corrected chi connectivity index (χ2v) is 6.92. The van der Waals surface area contributed by atoms with Crippen LogP contribution >= 0.6 is 11.3 Å². The van der Waals surface area contributed by atoms with E-state index in [2.05, 4.69) is 5.32 Å². The van der Waals surface area contributed by atoms with Crippen molar-refractivity contribution in [2.24, 2.45) is 0 Å². The summed E-state index contributed by atoms with van der Waals surface area (Å²) in [5.41, 5.74) is 3.61. The number of benzene rings is 2. The predicted molar refractivity (Wildman–Crippen MR) is 103 cm³/mol. The van der Waals surface area contributed by atoms with Crippen molar-refractivity contribution in [1.82, 2.24) is 5.32 Å². The number of carbonyl (C=O) groups excluding carboxylic acids is 2. The Morgan fingerprint density at radius 2 is 1.74 bits per heavy atom. The molecule has 0 aliphatic heterocycles. The van der Waals surface area contributed by atoms with Crippen molar-refractivity contribution in [3.8, 4) is 11.1 Å². The molecule has 0 fully saturated rings. The SMILES string of the molecule is Cc1ccc(-c2ccsc2C(=O)OCC(=O)NCc2ccc(F)cc2)cc1. The number of nitrogens with one attached hydrogen (secondary N) is 1. The number of hydrogen-bond acceptors (Lipinski definition) is 4. The number of halogens is 1. The molecule has 0 spiro atoms. The molecule has 0 unspecified atom stereocenters. The summed E-state index contributed by atoms with van der Waals surface area (Å²) in [6, 6.07) is 15.5. The van der Waals surface area contributed by atoms with Crippen LogP contribution in [0.5, 0.6) is 0 Å². The van der Waals surface area contributed by atoms with E-state index in [0.717, 1.165) is 22.3 Å². The first-order valence-electron chi connectivity index (χ1n) is 8.36. The molecule has 138 valence electrons. The molecule has 2 aromatic carbocycles. The molecule has 0 saturated heterocycles. The van der Waals surface area contributed by atoms with E-state index in [1.54, 1.807) is 12.1 Å². The van der Waals surface area contributed by atoms with E-state index in [1.807, 2.05) is 42.6 Å². The van der Waals surface area contributed by atoms with Gasteiger partial charge in [0.25, 0.3) is 5.91 Å². The molecule has 3 aromatic rings. The van der Waals surface area contributed by atoms with E-state index in [4.69, 9.17) is 4.74 Å². The summed E-state index contributed by atoms with van der Waals surface area (Å²) in [6.45, 7) is 1.87. The van der Waals surface area contributed by atoms with Crippen molar-refractivity contribution in [3.05, 3.63) is 81.8 Å². The summed E-state index contributed by atoms with van der Waals surface area (Å²) in [7, 11) is 0. The summed E-state index contributed by atoms with van der Waals surface area (Å²) in [4.78, 5) is 24.7. The van der Waals surface area contributed by atoms with Crippen LogP contribution in [0.4, 0.5) is 4.39 Å². The minimum atomic E-state index is -0.530. The molecular weight excluding hydrogens is 365 g/mol. The molecule has 1 aromatic heterocycles. The Hall–Kier alpha value is -2.99. The number of ether oxygens (including phenoxy) is 1. The smallest absolute Gasteiger partial charge is 0.349 e. The second kappa shape index (κ2) is 8.60.